The Bertz CT molecular complexity index is 310. The quantitative estimate of drug-likeness (QED) is 0.355. The molecule has 0 fully saturated rings. The van der Waals surface area contributed by atoms with E-state index >= 15 is 0 Å². The highest BCUT2D eigenvalue weighted by atomic mass is 127. The van der Waals surface area contributed by atoms with E-state index in [1.807, 2.05) is 23.0 Å². The van der Waals surface area contributed by atoms with Crippen LogP contribution in [0.2, 0.25) is 0 Å². The van der Waals surface area contributed by atoms with Crippen molar-refractivity contribution in [3.05, 3.63) is 23.3 Å². The lowest BCUT2D eigenvalue weighted by molar-refractivity contribution is -0.107. The van der Waals surface area contributed by atoms with Crippen LogP contribution in [0.5, 0.6) is 0 Å². The summed E-state index contributed by atoms with van der Waals surface area (Å²) < 4.78 is 10.8. The molecule has 0 aromatic carbocycles. The molecule has 1 unspecified atom stereocenters. The average Bonchev–Trinajstić information content (AvgIpc) is 2.41. The molecule has 4 heteroatoms. The van der Waals surface area contributed by atoms with E-state index in [-0.39, 0.29) is 6.10 Å². The Hall–Kier alpha value is -0.200. The average molecular weight is 364 g/mol. The summed E-state index contributed by atoms with van der Waals surface area (Å²) in [6.45, 7) is 3.61. The van der Waals surface area contributed by atoms with Crippen molar-refractivity contribution in [3.63, 3.8) is 0 Å². The second kappa shape index (κ2) is 9.69. The number of ether oxygens (including phenoxy) is 1. The molecule has 18 heavy (non-hydrogen) atoms. The standard InChI is InChI=1S/C14H21IO3/c1-2-12-11-14(17-9-4-10-18-15)7-6-13(12)5-3-8-16/h6,8,11,14H,2-5,7,9-10H2,1H3. The van der Waals surface area contributed by atoms with Crippen molar-refractivity contribution in [1.82, 2.24) is 0 Å². The molecule has 0 N–H and O–H groups in total. The van der Waals surface area contributed by atoms with Crippen LogP contribution in [-0.4, -0.2) is 25.6 Å². The Morgan fingerprint density at radius 1 is 1.44 bits per heavy atom. The van der Waals surface area contributed by atoms with Gasteiger partial charge < -0.3 is 12.6 Å². The third kappa shape index (κ3) is 5.63. The molecule has 0 saturated heterocycles. The van der Waals surface area contributed by atoms with Gasteiger partial charge in [-0.05, 0) is 36.8 Å². The highest BCUT2D eigenvalue weighted by Crippen LogP contribution is 2.26. The van der Waals surface area contributed by atoms with Crippen LogP contribution in [0, 0.1) is 0 Å². The zero-order chi connectivity index (χ0) is 13.2. The molecule has 1 rings (SSSR count). The first-order valence-electron chi connectivity index (χ1n) is 6.50. The highest BCUT2D eigenvalue weighted by Gasteiger charge is 2.14. The maximum absolute atomic E-state index is 10.4. The number of hydrogen-bond donors (Lipinski definition) is 0. The molecule has 3 nitrogen and oxygen atoms in total. The molecule has 0 amide bonds. The van der Waals surface area contributed by atoms with Gasteiger partial charge in [-0.25, -0.2) is 0 Å². The van der Waals surface area contributed by atoms with E-state index in [2.05, 4.69) is 19.1 Å². The van der Waals surface area contributed by atoms with Gasteiger partial charge in [0, 0.05) is 13.0 Å². The van der Waals surface area contributed by atoms with E-state index in [9.17, 15) is 4.79 Å². The molecule has 0 saturated carbocycles. The lowest BCUT2D eigenvalue weighted by atomic mass is 9.91. The van der Waals surface area contributed by atoms with Gasteiger partial charge in [0.15, 0.2) is 0 Å². The summed E-state index contributed by atoms with van der Waals surface area (Å²) in [5.41, 5.74) is 2.65. The molecule has 0 bridgehead atoms. The lowest BCUT2D eigenvalue weighted by Crippen LogP contribution is -2.15. The van der Waals surface area contributed by atoms with E-state index in [1.165, 1.54) is 11.1 Å². The van der Waals surface area contributed by atoms with Crippen molar-refractivity contribution in [3.8, 4) is 0 Å². The Morgan fingerprint density at radius 3 is 2.94 bits per heavy atom. The Balaban J connectivity index is 2.40. The zero-order valence-corrected chi connectivity index (χ0v) is 13.0. The molecule has 102 valence electrons. The van der Waals surface area contributed by atoms with E-state index in [4.69, 9.17) is 7.80 Å². The fourth-order valence-electron chi connectivity index (χ4n) is 2.08. The number of hydrogen-bond acceptors (Lipinski definition) is 3. The number of carbonyl (C=O) groups excluding carboxylic acids is 1. The summed E-state index contributed by atoms with van der Waals surface area (Å²) in [5, 5.41) is 0. The minimum absolute atomic E-state index is 0.189. The Morgan fingerprint density at radius 2 is 2.28 bits per heavy atom. The molecule has 0 radical (unpaired) electrons. The molecule has 1 aliphatic rings. The van der Waals surface area contributed by atoms with Crippen LogP contribution in [0.4, 0.5) is 0 Å². The van der Waals surface area contributed by atoms with E-state index in [0.29, 0.717) is 6.42 Å². The second-order valence-corrected chi connectivity index (χ2v) is 4.91. The number of aldehydes is 1. The molecular formula is C14H21IO3. The number of rotatable bonds is 9. The molecule has 0 aromatic heterocycles. The van der Waals surface area contributed by atoms with Crippen molar-refractivity contribution in [2.45, 2.75) is 45.1 Å². The van der Waals surface area contributed by atoms with Gasteiger partial charge in [0.05, 0.1) is 12.7 Å². The van der Waals surface area contributed by atoms with Crippen LogP contribution in [0.3, 0.4) is 0 Å². The molecule has 0 spiro atoms. The predicted molar refractivity (Wildman–Crippen MR) is 80.7 cm³/mol. The summed E-state index contributed by atoms with van der Waals surface area (Å²) >= 11 is 1.90. The van der Waals surface area contributed by atoms with Crippen molar-refractivity contribution in [2.75, 3.05) is 13.2 Å². The molecule has 0 heterocycles. The Kier molecular flexibility index (Phi) is 8.54. The van der Waals surface area contributed by atoms with Gasteiger partial charge in [0.2, 0.25) is 0 Å². The Labute approximate surface area is 123 Å². The van der Waals surface area contributed by atoms with Crippen LogP contribution in [0.15, 0.2) is 23.3 Å². The van der Waals surface area contributed by atoms with Gasteiger partial charge in [-0.2, -0.15) is 0 Å². The summed E-state index contributed by atoms with van der Waals surface area (Å²) in [6.07, 6.45) is 9.93. The van der Waals surface area contributed by atoms with E-state index < -0.39 is 0 Å². The number of carbonyl (C=O) groups is 1. The second-order valence-electron chi connectivity index (χ2n) is 4.29. The minimum atomic E-state index is 0.189. The van der Waals surface area contributed by atoms with Gasteiger partial charge >= 0.3 is 0 Å². The normalized spacial score (nSPS) is 19.3. The van der Waals surface area contributed by atoms with E-state index in [1.54, 1.807) is 0 Å². The predicted octanol–water partition coefficient (Wildman–Crippen LogP) is 3.77. The first-order valence-corrected chi connectivity index (χ1v) is 7.38. The summed E-state index contributed by atoms with van der Waals surface area (Å²) in [4.78, 5) is 10.4. The third-order valence-corrected chi connectivity index (χ3v) is 3.45. The molecule has 0 aromatic rings. The fourth-order valence-corrected chi connectivity index (χ4v) is 2.39. The molecule has 1 atom stereocenters. The van der Waals surface area contributed by atoms with Crippen LogP contribution < -0.4 is 0 Å². The first-order chi connectivity index (χ1) is 8.81. The van der Waals surface area contributed by atoms with Crippen molar-refractivity contribution in [1.29, 1.82) is 0 Å². The van der Waals surface area contributed by atoms with Crippen molar-refractivity contribution >= 4 is 29.3 Å². The SMILES string of the molecule is CCC1=CC(OCCCOI)CC=C1CCC=O. The molecule has 0 aliphatic heterocycles. The van der Waals surface area contributed by atoms with Gasteiger partial charge in [0.25, 0.3) is 0 Å². The van der Waals surface area contributed by atoms with Crippen molar-refractivity contribution < 1.29 is 12.6 Å². The minimum Gasteiger partial charge on any atom is -0.374 e. The maximum atomic E-state index is 10.4. The zero-order valence-electron chi connectivity index (χ0n) is 10.9. The van der Waals surface area contributed by atoms with Gasteiger partial charge in [-0.3, -0.25) is 0 Å². The van der Waals surface area contributed by atoms with E-state index in [0.717, 1.165) is 45.2 Å². The van der Waals surface area contributed by atoms with Crippen LogP contribution in [0.1, 0.15) is 39.0 Å². The largest absolute Gasteiger partial charge is 0.374 e. The highest BCUT2D eigenvalue weighted by molar-refractivity contribution is 14.1. The third-order valence-electron chi connectivity index (χ3n) is 3.01. The lowest BCUT2D eigenvalue weighted by Gasteiger charge is -2.21. The topological polar surface area (TPSA) is 35.5 Å². The van der Waals surface area contributed by atoms with Crippen molar-refractivity contribution in [2.24, 2.45) is 0 Å². The smallest absolute Gasteiger partial charge is 0.120 e. The maximum Gasteiger partial charge on any atom is 0.120 e. The summed E-state index contributed by atoms with van der Waals surface area (Å²) in [5.74, 6) is 0. The van der Waals surface area contributed by atoms with Gasteiger partial charge in [-0.15, -0.1) is 0 Å². The molecular weight excluding hydrogens is 343 g/mol. The monoisotopic (exact) mass is 364 g/mol. The van der Waals surface area contributed by atoms with Gasteiger partial charge in [0.1, 0.15) is 29.3 Å². The fraction of sp³-hybridized carbons (Fsp3) is 0.643. The number of halogens is 1. The van der Waals surface area contributed by atoms with Crippen LogP contribution in [-0.2, 0) is 12.6 Å². The van der Waals surface area contributed by atoms with Crippen LogP contribution in [0.25, 0.3) is 0 Å². The first kappa shape index (κ1) is 15.9. The van der Waals surface area contributed by atoms with Crippen LogP contribution >= 0.6 is 23.0 Å². The molecule has 1 aliphatic carbocycles. The number of allylic oxidation sites excluding steroid dienone is 2. The summed E-state index contributed by atoms with van der Waals surface area (Å²) in [7, 11) is 0. The van der Waals surface area contributed by atoms with Gasteiger partial charge in [-0.1, -0.05) is 19.1 Å². The summed E-state index contributed by atoms with van der Waals surface area (Å²) in [6, 6.07) is 0.